The van der Waals surface area contributed by atoms with Gasteiger partial charge in [-0.2, -0.15) is 0 Å². The van der Waals surface area contributed by atoms with Crippen molar-refractivity contribution in [1.82, 2.24) is 0 Å². The molecule has 0 saturated carbocycles. The van der Waals surface area contributed by atoms with Crippen molar-refractivity contribution in [2.24, 2.45) is 5.92 Å². The molecule has 0 aromatic carbocycles. The van der Waals surface area contributed by atoms with Crippen LogP contribution in [-0.4, -0.2) is 13.1 Å². The monoisotopic (exact) mass is 308 g/mol. The molecule has 0 rings (SSSR count). The molecule has 22 heavy (non-hydrogen) atoms. The van der Waals surface area contributed by atoms with E-state index in [1.807, 2.05) is 0 Å². The molecule has 0 aromatic rings. The van der Waals surface area contributed by atoms with Crippen molar-refractivity contribution in [1.29, 1.82) is 0 Å². The Kier molecular flexibility index (Phi) is 15.5. The summed E-state index contributed by atoms with van der Waals surface area (Å²) in [5, 5.41) is 0. The number of hydrogen-bond acceptors (Lipinski definition) is 2. The fourth-order valence-electron chi connectivity index (χ4n) is 2.27. The number of ether oxygens (including phenoxy) is 1. The highest BCUT2D eigenvalue weighted by Crippen LogP contribution is 2.13. The summed E-state index contributed by atoms with van der Waals surface area (Å²) in [5.41, 5.74) is 0. The number of carbonyl (C=O) groups excluding carboxylic acids is 1. The molecule has 0 aromatic heterocycles. The van der Waals surface area contributed by atoms with Crippen molar-refractivity contribution in [3.05, 3.63) is 24.3 Å². The van der Waals surface area contributed by atoms with E-state index in [9.17, 15) is 4.79 Å². The molecule has 0 spiro atoms. The average Bonchev–Trinajstić information content (AvgIpc) is 2.54. The van der Waals surface area contributed by atoms with Crippen molar-refractivity contribution >= 4 is 5.97 Å². The second kappa shape index (κ2) is 16.3. The van der Waals surface area contributed by atoms with Crippen molar-refractivity contribution in [3.8, 4) is 0 Å². The Morgan fingerprint density at radius 1 is 0.909 bits per heavy atom. The molecular formula is C20H36O2. The molecule has 0 saturated heterocycles. The quantitative estimate of drug-likeness (QED) is 0.216. The summed E-state index contributed by atoms with van der Waals surface area (Å²) in [7, 11) is 1.44. The molecule has 0 heterocycles. The van der Waals surface area contributed by atoms with E-state index in [1.54, 1.807) is 0 Å². The van der Waals surface area contributed by atoms with E-state index in [0.29, 0.717) is 6.42 Å². The van der Waals surface area contributed by atoms with E-state index < -0.39 is 0 Å². The van der Waals surface area contributed by atoms with Crippen LogP contribution in [0.5, 0.6) is 0 Å². The highest BCUT2D eigenvalue weighted by molar-refractivity contribution is 5.68. The largest absolute Gasteiger partial charge is 0.469 e. The minimum absolute atomic E-state index is 0.111. The normalized spacial score (nSPS) is 13.0. The van der Waals surface area contributed by atoms with Gasteiger partial charge in [0.05, 0.1) is 7.11 Å². The molecule has 0 aliphatic carbocycles. The van der Waals surface area contributed by atoms with Crippen LogP contribution >= 0.6 is 0 Å². The van der Waals surface area contributed by atoms with Crippen molar-refractivity contribution < 1.29 is 9.53 Å². The van der Waals surface area contributed by atoms with Gasteiger partial charge in [0.2, 0.25) is 0 Å². The number of carbonyl (C=O) groups is 1. The Labute approximate surface area is 138 Å². The minimum Gasteiger partial charge on any atom is -0.469 e. The summed E-state index contributed by atoms with van der Waals surface area (Å²) >= 11 is 0. The van der Waals surface area contributed by atoms with Crippen LogP contribution in [0.15, 0.2) is 24.3 Å². The Balaban J connectivity index is 3.28. The van der Waals surface area contributed by atoms with Crippen LogP contribution in [0.25, 0.3) is 0 Å². The number of allylic oxidation sites excluding steroid dienone is 4. The van der Waals surface area contributed by atoms with Crippen molar-refractivity contribution in [2.45, 2.75) is 84.5 Å². The lowest BCUT2D eigenvalue weighted by atomic mass is 10.0. The lowest BCUT2D eigenvalue weighted by Gasteiger charge is -2.06. The molecule has 1 unspecified atom stereocenters. The molecule has 128 valence electrons. The number of methoxy groups -OCH3 is 1. The van der Waals surface area contributed by atoms with Gasteiger partial charge in [-0.15, -0.1) is 0 Å². The summed E-state index contributed by atoms with van der Waals surface area (Å²) in [4.78, 5) is 10.9. The van der Waals surface area contributed by atoms with E-state index in [1.165, 1.54) is 45.6 Å². The van der Waals surface area contributed by atoms with Crippen LogP contribution < -0.4 is 0 Å². The van der Waals surface area contributed by atoms with Crippen LogP contribution in [0.2, 0.25) is 0 Å². The fraction of sp³-hybridized carbons (Fsp3) is 0.750. The van der Waals surface area contributed by atoms with Gasteiger partial charge in [-0.25, -0.2) is 0 Å². The Morgan fingerprint density at radius 2 is 1.50 bits per heavy atom. The highest BCUT2D eigenvalue weighted by atomic mass is 16.5. The third kappa shape index (κ3) is 15.3. The van der Waals surface area contributed by atoms with Crippen molar-refractivity contribution in [3.63, 3.8) is 0 Å². The second-order valence-corrected chi connectivity index (χ2v) is 6.14. The predicted molar refractivity (Wildman–Crippen MR) is 95.9 cm³/mol. The lowest BCUT2D eigenvalue weighted by Crippen LogP contribution is -1.98. The van der Waals surface area contributed by atoms with Gasteiger partial charge >= 0.3 is 5.97 Å². The predicted octanol–water partition coefficient (Wildman–Crippen LogP) is 6.22. The van der Waals surface area contributed by atoms with Crippen molar-refractivity contribution in [2.75, 3.05) is 7.11 Å². The summed E-state index contributed by atoms with van der Waals surface area (Å²) < 4.78 is 4.60. The van der Waals surface area contributed by atoms with E-state index in [2.05, 4.69) is 42.9 Å². The minimum atomic E-state index is -0.111. The Hall–Kier alpha value is -1.05. The maximum atomic E-state index is 10.9. The van der Waals surface area contributed by atoms with E-state index >= 15 is 0 Å². The molecule has 2 heteroatoms. The molecule has 0 amide bonds. The third-order valence-electron chi connectivity index (χ3n) is 4.08. The van der Waals surface area contributed by atoms with Gasteiger partial charge in [0.1, 0.15) is 0 Å². The zero-order valence-corrected chi connectivity index (χ0v) is 15.0. The number of hydrogen-bond donors (Lipinski definition) is 0. The summed E-state index contributed by atoms with van der Waals surface area (Å²) in [6.45, 7) is 4.63. The first kappa shape index (κ1) is 20.9. The summed E-state index contributed by atoms with van der Waals surface area (Å²) in [5.74, 6) is 0.787. The van der Waals surface area contributed by atoms with E-state index in [4.69, 9.17) is 0 Å². The smallest absolute Gasteiger partial charge is 0.305 e. The molecule has 0 radical (unpaired) electrons. The molecule has 2 nitrogen and oxygen atoms in total. The SMILES string of the molecule is CCC(C)CCCCCC=CCCC=CCCCC(=O)OC. The summed E-state index contributed by atoms with van der Waals surface area (Å²) in [6.07, 6.45) is 21.6. The molecular weight excluding hydrogens is 272 g/mol. The van der Waals surface area contributed by atoms with Crippen LogP contribution in [0.3, 0.4) is 0 Å². The highest BCUT2D eigenvalue weighted by Gasteiger charge is 1.97. The van der Waals surface area contributed by atoms with Gasteiger partial charge < -0.3 is 4.74 Å². The molecule has 0 aliphatic rings. The number of rotatable bonds is 14. The summed E-state index contributed by atoms with van der Waals surface area (Å²) in [6, 6.07) is 0. The van der Waals surface area contributed by atoms with Gasteiger partial charge in [0.15, 0.2) is 0 Å². The van der Waals surface area contributed by atoms with Gasteiger partial charge in [0, 0.05) is 6.42 Å². The first-order valence-electron chi connectivity index (χ1n) is 9.07. The Bertz CT molecular complexity index is 305. The van der Waals surface area contributed by atoms with E-state index in [0.717, 1.165) is 31.6 Å². The topological polar surface area (TPSA) is 26.3 Å². The molecule has 0 bridgehead atoms. The maximum Gasteiger partial charge on any atom is 0.305 e. The van der Waals surface area contributed by atoms with Crippen LogP contribution in [-0.2, 0) is 9.53 Å². The lowest BCUT2D eigenvalue weighted by molar-refractivity contribution is -0.140. The van der Waals surface area contributed by atoms with E-state index in [-0.39, 0.29) is 5.97 Å². The second-order valence-electron chi connectivity index (χ2n) is 6.14. The van der Waals surface area contributed by atoms with Gasteiger partial charge in [-0.1, -0.05) is 63.8 Å². The molecule has 0 N–H and O–H groups in total. The first-order chi connectivity index (χ1) is 10.7. The Morgan fingerprint density at radius 3 is 2.09 bits per heavy atom. The number of unbranched alkanes of at least 4 members (excludes halogenated alkanes) is 5. The number of esters is 1. The van der Waals surface area contributed by atoms with Crippen LogP contribution in [0, 0.1) is 5.92 Å². The zero-order chi connectivity index (χ0) is 16.5. The molecule has 1 atom stereocenters. The van der Waals surface area contributed by atoms with Crippen LogP contribution in [0.4, 0.5) is 0 Å². The third-order valence-corrected chi connectivity index (χ3v) is 4.08. The van der Waals surface area contributed by atoms with Gasteiger partial charge in [-0.3, -0.25) is 4.79 Å². The van der Waals surface area contributed by atoms with Gasteiger partial charge in [0.25, 0.3) is 0 Å². The fourth-order valence-corrected chi connectivity index (χ4v) is 2.27. The van der Waals surface area contributed by atoms with Crippen LogP contribution in [0.1, 0.15) is 84.5 Å². The molecule has 0 fully saturated rings. The standard InChI is InChI=1S/C20H36O2/c1-4-19(2)17-15-13-11-9-7-5-6-8-10-12-14-16-18-20(21)22-3/h5,7,10,12,19H,4,6,8-9,11,13-18H2,1-3H3. The molecule has 0 aliphatic heterocycles. The zero-order valence-electron chi connectivity index (χ0n) is 15.0. The maximum absolute atomic E-state index is 10.9. The average molecular weight is 309 g/mol. The first-order valence-corrected chi connectivity index (χ1v) is 9.07. The van der Waals surface area contributed by atoms with Gasteiger partial charge in [-0.05, 0) is 44.4 Å².